The summed E-state index contributed by atoms with van der Waals surface area (Å²) < 4.78 is 7.15. The highest BCUT2D eigenvalue weighted by Gasteiger charge is 2.42. The fourth-order valence-electron chi connectivity index (χ4n) is 2.50. The Morgan fingerprint density at radius 2 is 2.47 bits per heavy atom. The van der Waals surface area contributed by atoms with Crippen molar-refractivity contribution in [3.8, 4) is 0 Å². The lowest BCUT2D eigenvalue weighted by Gasteiger charge is -2.31. The van der Waals surface area contributed by atoms with Gasteiger partial charge in [0.05, 0.1) is 18.4 Å². The van der Waals surface area contributed by atoms with Crippen LogP contribution in [0, 0.1) is 5.41 Å². The van der Waals surface area contributed by atoms with Crippen LogP contribution < -0.4 is 5.73 Å². The van der Waals surface area contributed by atoms with Gasteiger partial charge in [0.25, 0.3) is 0 Å². The van der Waals surface area contributed by atoms with Crippen molar-refractivity contribution in [2.24, 2.45) is 18.2 Å². The molecule has 0 aromatic carbocycles. The van der Waals surface area contributed by atoms with Gasteiger partial charge in [0.1, 0.15) is 0 Å². The molecule has 17 heavy (non-hydrogen) atoms. The number of hydrogen-bond acceptors (Lipinski definition) is 4. The third-order valence-corrected chi connectivity index (χ3v) is 3.69. The second-order valence-corrected chi connectivity index (χ2v) is 4.83. The van der Waals surface area contributed by atoms with Crippen LogP contribution in [-0.4, -0.2) is 34.6 Å². The number of aromatic nitrogens is 2. The molecule has 5 heteroatoms. The summed E-state index contributed by atoms with van der Waals surface area (Å²) in [6.45, 7) is 3.68. The number of rotatable bonds is 4. The lowest BCUT2D eigenvalue weighted by Crippen LogP contribution is -2.37. The zero-order valence-electron chi connectivity index (χ0n) is 10.5. The maximum Gasteiger partial charge on any atom is 0.0914 e. The molecule has 0 amide bonds. The molecule has 0 bridgehead atoms. The second-order valence-electron chi connectivity index (χ2n) is 4.83. The number of aliphatic hydroxyl groups is 1. The van der Waals surface area contributed by atoms with Crippen molar-refractivity contribution in [1.29, 1.82) is 0 Å². The van der Waals surface area contributed by atoms with Crippen molar-refractivity contribution >= 4 is 0 Å². The van der Waals surface area contributed by atoms with Crippen LogP contribution in [0.4, 0.5) is 0 Å². The first-order valence-electron chi connectivity index (χ1n) is 6.11. The Morgan fingerprint density at radius 3 is 3.00 bits per heavy atom. The number of aryl methyl sites for hydroxylation is 2. The van der Waals surface area contributed by atoms with E-state index in [1.807, 2.05) is 20.2 Å². The van der Waals surface area contributed by atoms with E-state index in [4.69, 9.17) is 10.5 Å². The van der Waals surface area contributed by atoms with E-state index in [1.54, 1.807) is 4.68 Å². The average Bonchev–Trinajstić information content (AvgIpc) is 2.94. The number of nitrogens with two attached hydrogens (primary N) is 1. The van der Waals surface area contributed by atoms with E-state index in [-0.39, 0.29) is 5.41 Å². The van der Waals surface area contributed by atoms with E-state index in [0.29, 0.717) is 19.8 Å². The quantitative estimate of drug-likeness (QED) is 0.796. The minimum atomic E-state index is -0.585. The van der Waals surface area contributed by atoms with Gasteiger partial charge in [-0.15, -0.1) is 0 Å². The third kappa shape index (κ3) is 2.10. The predicted octanol–water partition coefficient (Wildman–Crippen LogP) is 0.381. The summed E-state index contributed by atoms with van der Waals surface area (Å²) >= 11 is 0. The van der Waals surface area contributed by atoms with Crippen LogP contribution in [0.15, 0.2) is 6.20 Å². The molecule has 0 aliphatic carbocycles. The number of aliphatic hydroxyl groups excluding tert-OH is 1. The summed E-state index contributed by atoms with van der Waals surface area (Å²) in [5, 5.41) is 14.9. The number of hydrogen-bond donors (Lipinski definition) is 2. The molecule has 1 fully saturated rings. The van der Waals surface area contributed by atoms with E-state index in [9.17, 15) is 5.11 Å². The van der Waals surface area contributed by atoms with Crippen LogP contribution in [0.3, 0.4) is 0 Å². The molecule has 2 heterocycles. The summed E-state index contributed by atoms with van der Waals surface area (Å²) in [7, 11) is 1.87. The molecule has 0 radical (unpaired) electrons. The van der Waals surface area contributed by atoms with Crippen molar-refractivity contribution in [2.45, 2.75) is 25.9 Å². The number of nitrogens with zero attached hydrogens (tertiary/aromatic N) is 2. The summed E-state index contributed by atoms with van der Waals surface area (Å²) in [6.07, 6.45) is 2.93. The summed E-state index contributed by atoms with van der Waals surface area (Å²) in [5.74, 6) is 0. The fourth-order valence-corrected chi connectivity index (χ4v) is 2.50. The minimum Gasteiger partial charge on any atom is -0.388 e. The van der Waals surface area contributed by atoms with Crippen LogP contribution in [0.1, 0.15) is 30.7 Å². The molecule has 1 aromatic heterocycles. The standard InChI is InChI=1S/C12H21N3O2/c1-3-10-9(6-15(2)14-10)11(16)12(7-13)4-5-17-8-12/h6,11,16H,3-5,7-8,13H2,1-2H3. The van der Waals surface area contributed by atoms with E-state index < -0.39 is 6.10 Å². The van der Waals surface area contributed by atoms with Gasteiger partial charge in [-0.3, -0.25) is 4.68 Å². The topological polar surface area (TPSA) is 73.3 Å². The molecule has 2 unspecified atom stereocenters. The van der Waals surface area contributed by atoms with Crippen LogP contribution in [-0.2, 0) is 18.2 Å². The van der Waals surface area contributed by atoms with Crippen LogP contribution in [0.25, 0.3) is 0 Å². The Hall–Kier alpha value is -0.910. The molecule has 2 rings (SSSR count). The van der Waals surface area contributed by atoms with E-state index >= 15 is 0 Å². The maximum absolute atomic E-state index is 10.6. The van der Waals surface area contributed by atoms with Gasteiger partial charge in [-0.25, -0.2) is 0 Å². The van der Waals surface area contributed by atoms with Gasteiger partial charge in [0.2, 0.25) is 0 Å². The van der Waals surface area contributed by atoms with Crippen LogP contribution in [0.5, 0.6) is 0 Å². The Balaban J connectivity index is 2.31. The number of ether oxygens (including phenoxy) is 1. The van der Waals surface area contributed by atoms with Crippen molar-refractivity contribution in [1.82, 2.24) is 9.78 Å². The highest BCUT2D eigenvalue weighted by Crippen LogP contribution is 2.41. The molecule has 1 aromatic rings. The highest BCUT2D eigenvalue weighted by atomic mass is 16.5. The minimum absolute atomic E-state index is 0.340. The van der Waals surface area contributed by atoms with Gasteiger partial charge < -0.3 is 15.6 Å². The predicted molar refractivity (Wildman–Crippen MR) is 64.5 cm³/mol. The third-order valence-electron chi connectivity index (χ3n) is 3.69. The lowest BCUT2D eigenvalue weighted by atomic mass is 9.78. The summed E-state index contributed by atoms with van der Waals surface area (Å²) in [5.41, 5.74) is 7.34. The Morgan fingerprint density at radius 1 is 1.71 bits per heavy atom. The molecule has 1 aliphatic heterocycles. The zero-order chi connectivity index (χ0) is 12.5. The Bertz CT molecular complexity index is 383. The largest absolute Gasteiger partial charge is 0.388 e. The molecule has 1 saturated heterocycles. The monoisotopic (exact) mass is 239 g/mol. The van der Waals surface area contributed by atoms with Gasteiger partial charge in [0, 0.05) is 37.4 Å². The van der Waals surface area contributed by atoms with Crippen LogP contribution >= 0.6 is 0 Å². The summed E-state index contributed by atoms with van der Waals surface area (Å²) in [6, 6.07) is 0. The first-order valence-corrected chi connectivity index (χ1v) is 6.11. The van der Waals surface area contributed by atoms with E-state index in [0.717, 1.165) is 24.1 Å². The van der Waals surface area contributed by atoms with Crippen molar-refractivity contribution < 1.29 is 9.84 Å². The fraction of sp³-hybridized carbons (Fsp3) is 0.750. The SMILES string of the molecule is CCc1nn(C)cc1C(O)C1(CN)CCOC1. The van der Waals surface area contributed by atoms with Gasteiger partial charge >= 0.3 is 0 Å². The maximum atomic E-state index is 10.6. The second kappa shape index (κ2) is 4.76. The molecule has 1 aliphatic rings. The van der Waals surface area contributed by atoms with Crippen molar-refractivity contribution in [3.05, 3.63) is 17.5 Å². The molecule has 96 valence electrons. The Kier molecular flexibility index (Phi) is 3.51. The summed E-state index contributed by atoms with van der Waals surface area (Å²) in [4.78, 5) is 0. The van der Waals surface area contributed by atoms with E-state index in [1.165, 1.54) is 0 Å². The van der Waals surface area contributed by atoms with Gasteiger partial charge in [-0.05, 0) is 12.8 Å². The van der Waals surface area contributed by atoms with Gasteiger partial charge in [0.15, 0.2) is 0 Å². The molecule has 0 spiro atoms. The van der Waals surface area contributed by atoms with Crippen molar-refractivity contribution in [2.75, 3.05) is 19.8 Å². The van der Waals surface area contributed by atoms with E-state index in [2.05, 4.69) is 5.10 Å². The molecule has 3 N–H and O–H groups in total. The smallest absolute Gasteiger partial charge is 0.0914 e. The first-order chi connectivity index (χ1) is 8.13. The molecule has 2 atom stereocenters. The lowest BCUT2D eigenvalue weighted by molar-refractivity contribution is 0.0185. The average molecular weight is 239 g/mol. The zero-order valence-corrected chi connectivity index (χ0v) is 10.5. The van der Waals surface area contributed by atoms with Crippen LogP contribution in [0.2, 0.25) is 0 Å². The molecular formula is C12H21N3O2. The molecule has 5 nitrogen and oxygen atoms in total. The molecule has 0 saturated carbocycles. The Labute approximate surface area is 102 Å². The first kappa shape index (κ1) is 12.5. The van der Waals surface area contributed by atoms with Gasteiger partial charge in [-0.1, -0.05) is 6.92 Å². The normalized spacial score (nSPS) is 26.4. The highest BCUT2D eigenvalue weighted by molar-refractivity contribution is 5.23. The molecular weight excluding hydrogens is 218 g/mol. The van der Waals surface area contributed by atoms with Crippen molar-refractivity contribution in [3.63, 3.8) is 0 Å². The van der Waals surface area contributed by atoms with Gasteiger partial charge in [-0.2, -0.15) is 5.10 Å².